The van der Waals surface area contributed by atoms with Gasteiger partial charge >= 0.3 is 8.80 Å². The normalized spacial score (nSPS) is 20.2. The summed E-state index contributed by atoms with van der Waals surface area (Å²) in [5, 5.41) is 0. The molecule has 1 rings (SSSR count). The van der Waals surface area contributed by atoms with Crippen molar-refractivity contribution in [2.24, 2.45) is 5.92 Å². The molecule has 0 aromatic rings. The van der Waals surface area contributed by atoms with Crippen LogP contribution in [-0.4, -0.2) is 55.2 Å². The molecule has 0 aromatic heterocycles. The Kier molecular flexibility index (Phi) is 5.92. The molecule has 0 amide bonds. The fourth-order valence-electron chi connectivity index (χ4n) is 2.29. The highest BCUT2D eigenvalue weighted by Crippen LogP contribution is 2.25. The molecule has 0 bridgehead atoms. The largest absolute Gasteiger partial charge is 0.500 e. The lowest BCUT2D eigenvalue weighted by Gasteiger charge is -2.31. The van der Waals surface area contributed by atoms with Crippen molar-refractivity contribution in [3.05, 3.63) is 0 Å². The van der Waals surface area contributed by atoms with Crippen LogP contribution < -0.4 is 0 Å². The maximum absolute atomic E-state index is 5.43. The van der Waals surface area contributed by atoms with Gasteiger partial charge in [-0.25, -0.2) is 0 Å². The fourth-order valence-corrected chi connectivity index (χ4v) is 4.16. The summed E-state index contributed by atoms with van der Waals surface area (Å²) < 4.78 is 16.3. The van der Waals surface area contributed by atoms with Gasteiger partial charge in [-0.05, 0) is 45.3 Å². The van der Waals surface area contributed by atoms with Crippen LogP contribution in [-0.2, 0) is 13.3 Å². The van der Waals surface area contributed by atoms with Crippen LogP contribution in [0.15, 0.2) is 0 Å². The SMILES string of the molecule is CO[Si](CCC1CCN(C)CC1)(OC)OC. The van der Waals surface area contributed by atoms with E-state index in [9.17, 15) is 0 Å². The van der Waals surface area contributed by atoms with Crippen molar-refractivity contribution in [1.82, 2.24) is 4.90 Å². The van der Waals surface area contributed by atoms with E-state index in [4.69, 9.17) is 13.3 Å². The maximum atomic E-state index is 5.43. The van der Waals surface area contributed by atoms with E-state index in [1.165, 1.54) is 25.9 Å². The molecule has 96 valence electrons. The quantitative estimate of drug-likeness (QED) is 0.667. The maximum Gasteiger partial charge on any atom is 0.500 e. The molecule has 5 heteroatoms. The van der Waals surface area contributed by atoms with Gasteiger partial charge in [0.25, 0.3) is 0 Å². The van der Waals surface area contributed by atoms with Gasteiger partial charge in [0.2, 0.25) is 0 Å². The zero-order valence-electron chi connectivity index (χ0n) is 11.0. The highest BCUT2D eigenvalue weighted by molar-refractivity contribution is 6.60. The second kappa shape index (κ2) is 6.71. The molecular weight excluding hydrogens is 222 g/mol. The molecule has 1 heterocycles. The van der Waals surface area contributed by atoms with Gasteiger partial charge in [0.05, 0.1) is 0 Å². The molecular formula is C11H25NO3Si. The van der Waals surface area contributed by atoms with Crippen LogP contribution in [0.25, 0.3) is 0 Å². The minimum absolute atomic E-state index is 0.809. The van der Waals surface area contributed by atoms with Gasteiger partial charge in [0.15, 0.2) is 0 Å². The number of hydrogen-bond donors (Lipinski definition) is 0. The summed E-state index contributed by atoms with van der Waals surface area (Å²) in [7, 11) is 4.92. The second-order valence-electron chi connectivity index (χ2n) is 4.58. The molecule has 1 aliphatic heterocycles. The lowest BCUT2D eigenvalue weighted by Crippen LogP contribution is -2.43. The lowest BCUT2D eigenvalue weighted by atomic mass is 9.95. The minimum Gasteiger partial charge on any atom is -0.377 e. The first-order valence-corrected chi connectivity index (χ1v) is 7.93. The number of likely N-dealkylation sites (tertiary alicyclic amines) is 1. The molecule has 0 radical (unpaired) electrons. The van der Waals surface area contributed by atoms with Gasteiger partial charge in [0, 0.05) is 27.4 Å². The average molecular weight is 247 g/mol. The highest BCUT2D eigenvalue weighted by Gasteiger charge is 2.38. The first kappa shape index (κ1) is 14.1. The van der Waals surface area contributed by atoms with Crippen LogP contribution in [0.1, 0.15) is 19.3 Å². The summed E-state index contributed by atoms with van der Waals surface area (Å²) >= 11 is 0. The van der Waals surface area contributed by atoms with E-state index in [2.05, 4.69) is 11.9 Å². The van der Waals surface area contributed by atoms with Gasteiger partial charge in [-0.15, -0.1) is 0 Å². The van der Waals surface area contributed by atoms with Crippen LogP contribution in [0.2, 0.25) is 6.04 Å². The fraction of sp³-hybridized carbons (Fsp3) is 1.00. The summed E-state index contributed by atoms with van der Waals surface area (Å²) in [6.07, 6.45) is 3.74. The van der Waals surface area contributed by atoms with Crippen LogP contribution >= 0.6 is 0 Å². The van der Waals surface area contributed by atoms with E-state index in [1.54, 1.807) is 21.3 Å². The zero-order chi connectivity index (χ0) is 12.0. The van der Waals surface area contributed by atoms with E-state index in [0.29, 0.717) is 0 Å². The molecule has 1 saturated heterocycles. The standard InChI is InChI=1S/C11H25NO3Si/c1-12-8-5-11(6-9-12)7-10-16(13-2,14-3)15-4/h11H,5-10H2,1-4H3. The van der Waals surface area contributed by atoms with Crippen molar-refractivity contribution in [1.29, 1.82) is 0 Å². The lowest BCUT2D eigenvalue weighted by molar-refractivity contribution is 0.118. The Bertz CT molecular complexity index is 183. The van der Waals surface area contributed by atoms with E-state index in [0.717, 1.165) is 18.4 Å². The summed E-state index contributed by atoms with van der Waals surface area (Å²) in [4.78, 5) is 2.39. The topological polar surface area (TPSA) is 30.9 Å². The minimum atomic E-state index is -2.33. The Balaban J connectivity index is 2.32. The molecule has 0 spiro atoms. The third-order valence-electron chi connectivity index (χ3n) is 3.63. The summed E-state index contributed by atoms with van der Waals surface area (Å²) in [5.74, 6) is 0.809. The van der Waals surface area contributed by atoms with Crippen LogP contribution in [0.3, 0.4) is 0 Å². The monoisotopic (exact) mass is 247 g/mol. The molecule has 0 unspecified atom stereocenters. The summed E-state index contributed by atoms with van der Waals surface area (Å²) in [5.41, 5.74) is 0. The Morgan fingerprint density at radius 1 is 1.06 bits per heavy atom. The predicted molar refractivity (Wildman–Crippen MR) is 66.4 cm³/mol. The van der Waals surface area contributed by atoms with E-state index < -0.39 is 8.80 Å². The molecule has 1 aliphatic rings. The predicted octanol–water partition coefficient (Wildman–Crippen LogP) is 1.60. The Morgan fingerprint density at radius 3 is 2.00 bits per heavy atom. The van der Waals surface area contributed by atoms with E-state index >= 15 is 0 Å². The Hall–Kier alpha value is 0.0569. The summed E-state index contributed by atoms with van der Waals surface area (Å²) in [6, 6.07) is 0.935. The van der Waals surface area contributed by atoms with Crippen molar-refractivity contribution < 1.29 is 13.3 Å². The third-order valence-corrected chi connectivity index (χ3v) is 6.40. The zero-order valence-corrected chi connectivity index (χ0v) is 12.0. The first-order chi connectivity index (χ1) is 7.65. The highest BCUT2D eigenvalue weighted by atomic mass is 28.4. The first-order valence-electron chi connectivity index (χ1n) is 6.00. The van der Waals surface area contributed by atoms with Gasteiger partial charge in [-0.1, -0.05) is 0 Å². The van der Waals surface area contributed by atoms with Crippen LogP contribution in [0, 0.1) is 5.92 Å². The summed E-state index contributed by atoms with van der Waals surface area (Å²) in [6.45, 7) is 2.43. The molecule has 4 nitrogen and oxygen atoms in total. The van der Waals surface area contributed by atoms with Gasteiger partial charge < -0.3 is 18.2 Å². The number of rotatable bonds is 6. The van der Waals surface area contributed by atoms with Crippen LogP contribution in [0.5, 0.6) is 0 Å². The third kappa shape index (κ3) is 3.82. The van der Waals surface area contributed by atoms with E-state index in [-0.39, 0.29) is 0 Å². The van der Waals surface area contributed by atoms with Gasteiger partial charge in [-0.2, -0.15) is 0 Å². The number of hydrogen-bond acceptors (Lipinski definition) is 4. The van der Waals surface area contributed by atoms with Crippen LogP contribution in [0.4, 0.5) is 0 Å². The Labute approximate surface area is 100 Å². The second-order valence-corrected chi connectivity index (χ2v) is 7.67. The molecule has 16 heavy (non-hydrogen) atoms. The van der Waals surface area contributed by atoms with E-state index in [1.807, 2.05) is 0 Å². The molecule has 0 N–H and O–H groups in total. The smallest absolute Gasteiger partial charge is 0.377 e. The average Bonchev–Trinajstić information content (AvgIpc) is 2.34. The molecule has 0 saturated carbocycles. The Morgan fingerprint density at radius 2 is 1.56 bits per heavy atom. The van der Waals surface area contributed by atoms with Crippen molar-refractivity contribution in [3.8, 4) is 0 Å². The van der Waals surface area contributed by atoms with Crippen molar-refractivity contribution in [3.63, 3.8) is 0 Å². The molecule has 1 fully saturated rings. The van der Waals surface area contributed by atoms with Gasteiger partial charge in [-0.3, -0.25) is 0 Å². The van der Waals surface area contributed by atoms with Crippen molar-refractivity contribution >= 4 is 8.80 Å². The van der Waals surface area contributed by atoms with Gasteiger partial charge in [0.1, 0.15) is 0 Å². The number of nitrogens with zero attached hydrogens (tertiary/aromatic N) is 1. The molecule has 0 aliphatic carbocycles. The number of piperidine rings is 1. The molecule has 0 atom stereocenters. The van der Waals surface area contributed by atoms with Crippen molar-refractivity contribution in [2.45, 2.75) is 25.3 Å². The van der Waals surface area contributed by atoms with Crippen molar-refractivity contribution in [2.75, 3.05) is 41.5 Å². The molecule has 0 aromatic carbocycles.